The minimum Gasteiger partial charge on any atom is -0.457 e. The monoisotopic (exact) mass is 352 g/mol. The van der Waals surface area contributed by atoms with Gasteiger partial charge in [0, 0.05) is 16.6 Å². The van der Waals surface area contributed by atoms with Crippen LogP contribution >= 0.6 is 11.3 Å². The van der Waals surface area contributed by atoms with Crippen LogP contribution in [0.15, 0.2) is 60.0 Å². The lowest BCUT2D eigenvalue weighted by Crippen LogP contribution is -2.28. The maximum absolute atomic E-state index is 12.5. The molecule has 0 radical (unpaired) electrons. The number of hydrogen-bond donors (Lipinski definition) is 1. The van der Waals surface area contributed by atoms with Gasteiger partial charge in [-0.1, -0.05) is 25.1 Å². The maximum atomic E-state index is 12.5. The molecule has 5 heteroatoms. The van der Waals surface area contributed by atoms with E-state index in [1.807, 2.05) is 49.6 Å². The third kappa shape index (κ3) is 4.45. The average Bonchev–Trinajstić information content (AvgIpc) is 3.07. The Morgan fingerprint density at radius 3 is 2.40 bits per heavy atom. The van der Waals surface area contributed by atoms with Gasteiger partial charge in [-0.15, -0.1) is 11.3 Å². The molecule has 2 aromatic carbocycles. The number of carbonyl (C=O) groups is 1. The van der Waals surface area contributed by atoms with Crippen molar-refractivity contribution in [1.29, 1.82) is 0 Å². The number of nitrogens with zero attached hydrogens (tertiary/aromatic N) is 1. The molecule has 0 spiro atoms. The predicted octanol–water partition coefficient (Wildman–Crippen LogP) is 5.12. The van der Waals surface area contributed by atoms with E-state index in [1.54, 1.807) is 35.6 Å². The number of hydrogen-bond acceptors (Lipinski definition) is 4. The number of benzene rings is 2. The number of thiazole rings is 1. The molecule has 0 saturated heterocycles. The molecule has 0 bridgehead atoms. The molecule has 0 fully saturated rings. The van der Waals surface area contributed by atoms with E-state index in [0.717, 1.165) is 22.9 Å². The van der Waals surface area contributed by atoms with Crippen molar-refractivity contribution < 1.29 is 9.53 Å². The van der Waals surface area contributed by atoms with Crippen molar-refractivity contribution in [3.8, 4) is 11.5 Å². The van der Waals surface area contributed by atoms with Crippen molar-refractivity contribution in [2.75, 3.05) is 0 Å². The molecule has 128 valence electrons. The van der Waals surface area contributed by atoms with Gasteiger partial charge in [-0.3, -0.25) is 4.79 Å². The van der Waals surface area contributed by atoms with Gasteiger partial charge in [-0.05, 0) is 49.7 Å². The number of aryl methyl sites for hydroxylation is 1. The summed E-state index contributed by atoms with van der Waals surface area (Å²) >= 11 is 1.58. The Hall–Kier alpha value is -2.66. The number of aromatic nitrogens is 1. The van der Waals surface area contributed by atoms with Gasteiger partial charge in [0.1, 0.15) is 16.5 Å². The highest BCUT2D eigenvalue weighted by Gasteiger charge is 2.17. The molecule has 0 aliphatic rings. The van der Waals surface area contributed by atoms with Crippen LogP contribution in [0, 0.1) is 6.92 Å². The van der Waals surface area contributed by atoms with E-state index in [4.69, 9.17) is 4.74 Å². The average molecular weight is 352 g/mol. The van der Waals surface area contributed by atoms with Crippen LogP contribution in [0.25, 0.3) is 0 Å². The quantitative estimate of drug-likeness (QED) is 0.669. The zero-order valence-electron chi connectivity index (χ0n) is 14.2. The normalized spacial score (nSPS) is 11.8. The number of para-hydroxylation sites is 1. The highest BCUT2D eigenvalue weighted by Crippen LogP contribution is 2.23. The summed E-state index contributed by atoms with van der Waals surface area (Å²) in [7, 11) is 0. The van der Waals surface area contributed by atoms with Crippen molar-refractivity contribution in [1.82, 2.24) is 10.3 Å². The summed E-state index contributed by atoms with van der Waals surface area (Å²) < 4.78 is 5.75. The van der Waals surface area contributed by atoms with E-state index in [1.165, 1.54) is 0 Å². The second-order valence-corrected chi connectivity index (χ2v) is 6.59. The Labute approximate surface area is 151 Å². The summed E-state index contributed by atoms with van der Waals surface area (Å²) in [6.45, 7) is 4.00. The van der Waals surface area contributed by atoms with Gasteiger partial charge >= 0.3 is 0 Å². The van der Waals surface area contributed by atoms with Crippen LogP contribution in [0.2, 0.25) is 0 Å². The third-order valence-corrected chi connectivity index (χ3v) is 4.82. The molecule has 0 saturated carbocycles. The predicted molar refractivity (Wildman–Crippen MR) is 100 cm³/mol. The smallest absolute Gasteiger partial charge is 0.251 e. The molecule has 3 aromatic rings. The van der Waals surface area contributed by atoms with E-state index in [-0.39, 0.29) is 11.9 Å². The third-order valence-electron chi connectivity index (χ3n) is 3.74. The molecule has 25 heavy (non-hydrogen) atoms. The molecule has 1 heterocycles. The summed E-state index contributed by atoms with van der Waals surface area (Å²) in [5.74, 6) is 1.36. The lowest BCUT2D eigenvalue weighted by Gasteiger charge is -2.14. The Morgan fingerprint density at radius 2 is 1.80 bits per heavy atom. The topological polar surface area (TPSA) is 51.2 Å². The summed E-state index contributed by atoms with van der Waals surface area (Å²) in [5.41, 5.74) is 1.59. The van der Waals surface area contributed by atoms with Crippen LogP contribution in [0.4, 0.5) is 0 Å². The standard InChI is InChI=1S/C20H20N2O2S/c1-3-18(20-21-14(2)13-25-20)22-19(23)15-9-11-17(12-10-15)24-16-7-5-4-6-8-16/h4-13,18H,3H2,1-2H3,(H,22,23). The van der Waals surface area contributed by atoms with Gasteiger partial charge in [0.25, 0.3) is 5.91 Å². The second kappa shape index (κ2) is 7.94. The van der Waals surface area contributed by atoms with E-state index in [9.17, 15) is 4.79 Å². The Bertz CT molecular complexity index is 828. The number of carbonyl (C=O) groups excluding carboxylic acids is 1. The van der Waals surface area contributed by atoms with Crippen molar-refractivity contribution in [3.63, 3.8) is 0 Å². The first-order valence-electron chi connectivity index (χ1n) is 8.21. The molecule has 0 aliphatic carbocycles. The van der Waals surface area contributed by atoms with E-state index in [2.05, 4.69) is 10.3 Å². The first-order valence-corrected chi connectivity index (χ1v) is 9.09. The summed E-state index contributed by atoms with van der Waals surface area (Å²) in [6, 6.07) is 16.6. The molecule has 1 aromatic heterocycles. The second-order valence-electron chi connectivity index (χ2n) is 5.70. The maximum Gasteiger partial charge on any atom is 0.251 e. The number of nitrogens with one attached hydrogen (secondary N) is 1. The largest absolute Gasteiger partial charge is 0.457 e. The Morgan fingerprint density at radius 1 is 1.12 bits per heavy atom. The highest BCUT2D eigenvalue weighted by atomic mass is 32.1. The molecule has 1 N–H and O–H groups in total. The van der Waals surface area contributed by atoms with Crippen molar-refractivity contribution >= 4 is 17.2 Å². The molecular weight excluding hydrogens is 332 g/mol. The van der Waals surface area contributed by atoms with Gasteiger partial charge in [0.15, 0.2) is 0 Å². The van der Waals surface area contributed by atoms with Crippen molar-refractivity contribution in [3.05, 3.63) is 76.2 Å². The summed E-state index contributed by atoms with van der Waals surface area (Å²) in [4.78, 5) is 17.0. The fourth-order valence-corrected chi connectivity index (χ4v) is 3.34. The SMILES string of the molecule is CCC(NC(=O)c1ccc(Oc2ccccc2)cc1)c1nc(C)cs1. The first-order chi connectivity index (χ1) is 12.2. The van der Waals surface area contributed by atoms with Crippen molar-refractivity contribution in [2.45, 2.75) is 26.3 Å². The molecule has 3 rings (SSSR count). The fourth-order valence-electron chi connectivity index (χ4n) is 2.41. The van der Waals surface area contributed by atoms with E-state index in [0.29, 0.717) is 11.3 Å². The van der Waals surface area contributed by atoms with Gasteiger partial charge in [-0.25, -0.2) is 4.98 Å². The van der Waals surface area contributed by atoms with Crippen LogP contribution in [0.3, 0.4) is 0 Å². The fraction of sp³-hybridized carbons (Fsp3) is 0.200. The van der Waals surface area contributed by atoms with Crippen LogP contribution in [0.5, 0.6) is 11.5 Å². The lowest BCUT2D eigenvalue weighted by molar-refractivity contribution is 0.0935. The van der Waals surface area contributed by atoms with E-state index >= 15 is 0 Å². The highest BCUT2D eigenvalue weighted by molar-refractivity contribution is 7.09. The zero-order valence-corrected chi connectivity index (χ0v) is 15.0. The zero-order chi connectivity index (χ0) is 17.6. The summed E-state index contributed by atoms with van der Waals surface area (Å²) in [6.07, 6.45) is 0.799. The molecule has 1 unspecified atom stereocenters. The number of rotatable bonds is 6. The molecule has 0 aliphatic heterocycles. The first kappa shape index (κ1) is 17.2. The Balaban J connectivity index is 1.66. The van der Waals surface area contributed by atoms with Crippen LogP contribution in [-0.2, 0) is 0 Å². The van der Waals surface area contributed by atoms with Gasteiger partial charge in [0.05, 0.1) is 6.04 Å². The van der Waals surface area contributed by atoms with Gasteiger partial charge in [0.2, 0.25) is 0 Å². The number of ether oxygens (including phenoxy) is 1. The lowest BCUT2D eigenvalue weighted by atomic mass is 10.1. The molecule has 1 amide bonds. The molecule has 4 nitrogen and oxygen atoms in total. The summed E-state index contributed by atoms with van der Waals surface area (Å²) in [5, 5.41) is 5.99. The minimum atomic E-state index is -0.106. The van der Waals surface area contributed by atoms with Gasteiger partial charge < -0.3 is 10.1 Å². The van der Waals surface area contributed by atoms with Crippen LogP contribution in [-0.4, -0.2) is 10.9 Å². The Kier molecular flexibility index (Phi) is 5.46. The van der Waals surface area contributed by atoms with Crippen molar-refractivity contribution in [2.24, 2.45) is 0 Å². The molecular formula is C20H20N2O2S. The number of amides is 1. The minimum absolute atomic E-state index is 0.0635. The molecule has 1 atom stereocenters. The van der Waals surface area contributed by atoms with Crippen LogP contribution < -0.4 is 10.1 Å². The van der Waals surface area contributed by atoms with Gasteiger partial charge in [-0.2, -0.15) is 0 Å². The van der Waals surface area contributed by atoms with Crippen LogP contribution in [0.1, 0.15) is 40.4 Å². The van der Waals surface area contributed by atoms with E-state index < -0.39 is 0 Å².